The van der Waals surface area contributed by atoms with Crippen molar-refractivity contribution in [3.05, 3.63) is 34.9 Å². The molecule has 2 rings (SSSR count). The molecule has 0 aliphatic carbocycles. The van der Waals surface area contributed by atoms with Crippen LogP contribution >= 0.6 is 24.0 Å². The van der Waals surface area contributed by atoms with Crippen molar-refractivity contribution in [3.63, 3.8) is 0 Å². The van der Waals surface area contributed by atoms with Crippen molar-refractivity contribution in [2.24, 2.45) is 0 Å². The quantitative estimate of drug-likeness (QED) is 0.846. The van der Waals surface area contributed by atoms with Crippen LogP contribution in [0.3, 0.4) is 0 Å². The molecule has 0 radical (unpaired) electrons. The molecule has 0 atom stereocenters. The predicted octanol–water partition coefficient (Wildman–Crippen LogP) is 3.25. The van der Waals surface area contributed by atoms with Crippen LogP contribution in [0.2, 0.25) is 5.02 Å². The molecule has 20 heavy (non-hydrogen) atoms. The van der Waals surface area contributed by atoms with Crippen molar-refractivity contribution in [2.75, 3.05) is 19.6 Å². The molecule has 1 fully saturated rings. The van der Waals surface area contributed by atoms with Gasteiger partial charge in [0.2, 0.25) is 5.91 Å². The number of nitrogens with zero attached hydrogens (tertiary/aromatic N) is 1. The number of rotatable bonds is 5. The van der Waals surface area contributed by atoms with E-state index in [4.69, 9.17) is 11.6 Å². The van der Waals surface area contributed by atoms with Gasteiger partial charge < -0.3 is 10.2 Å². The normalized spacial score (nSPS) is 15.7. The summed E-state index contributed by atoms with van der Waals surface area (Å²) in [7, 11) is 0. The average Bonchev–Trinajstić information content (AvgIpc) is 2.60. The van der Waals surface area contributed by atoms with Crippen LogP contribution in [0.25, 0.3) is 0 Å². The Kier molecular flexibility index (Phi) is 7.97. The molecule has 3 nitrogen and oxygen atoms in total. The monoisotopic (exact) mass is 316 g/mol. The number of halogens is 2. The predicted molar refractivity (Wildman–Crippen MR) is 85.5 cm³/mol. The molecule has 1 amide bonds. The van der Waals surface area contributed by atoms with E-state index in [-0.39, 0.29) is 12.4 Å². The molecule has 5 heteroatoms. The highest BCUT2D eigenvalue weighted by atomic mass is 35.5. The lowest BCUT2D eigenvalue weighted by Crippen LogP contribution is -2.36. The minimum absolute atomic E-state index is 0. The molecule has 1 heterocycles. The first kappa shape index (κ1) is 17.3. The van der Waals surface area contributed by atoms with E-state index >= 15 is 0 Å². The van der Waals surface area contributed by atoms with E-state index in [1.807, 2.05) is 23.1 Å². The van der Waals surface area contributed by atoms with Crippen molar-refractivity contribution in [3.8, 4) is 0 Å². The lowest BCUT2D eigenvalue weighted by atomic mass is 10.2. The van der Waals surface area contributed by atoms with E-state index in [1.165, 1.54) is 12.0 Å². The summed E-state index contributed by atoms with van der Waals surface area (Å²) < 4.78 is 0. The first-order valence-electron chi connectivity index (χ1n) is 6.98. The van der Waals surface area contributed by atoms with Crippen molar-refractivity contribution < 1.29 is 4.79 Å². The second-order valence-corrected chi connectivity index (χ2v) is 5.43. The van der Waals surface area contributed by atoms with Crippen molar-refractivity contribution in [2.45, 2.75) is 32.2 Å². The molecule has 0 spiro atoms. The maximum Gasteiger partial charge on any atom is 0.222 e. The summed E-state index contributed by atoms with van der Waals surface area (Å²) in [6.07, 6.45) is 4.08. The van der Waals surface area contributed by atoms with Crippen LogP contribution in [0.1, 0.15) is 31.2 Å². The van der Waals surface area contributed by atoms with Crippen molar-refractivity contribution >= 4 is 29.9 Å². The summed E-state index contributed by atoms with van der Waals surface area (Å²) in [5.41, 5.74) is 1.18. The number of nitrogens with one attached hydrogen (secondary N) is 1. The van der Waals surface area contributed by atoms with E-state index < -0.39 is 0 Å². The van der Waals surface area contributed by atoms with Gasteiger partial charge in [0.05, 0.1) is 0 Å². The lowest BCUT2D eigenvalue weighted by molar-refractivity contribution is -0.130. The van der Waals surface area contributed by atoms with Crippen LogP contribution in [-0.2, 0) is 11.3 Å². The number of benzene rings is 1. The first-order chi connectivity index (χ1) is 9.25. The number of likely N-dealkylation sites (tertiary alicyclic amines) is 1. The molecule has 112 valence electrons. The molecule has 1 aromatic carbocycles. The summed E-state index contributed by atoms with van der Waals surface area (Å²) in [5.74, 6) is 0.307. The van der Waals surface area contributed by atoms with Gasteiger partial charge in [-0.15, -0.1) is 12.4 Å². The molecule has 0 unspecified atom stereocenters. The van der Waals surface area contributed by atoms with Crippen LogP contribution in [0, 0.1) is 0 Å². The van der Waals surface area contributed by atoms with Crippen LogP contribution in [0.15, 0.2) is 24.3 Å². The zero-order valence-corrected chi connectivity index (χ0v) is 13.2. The van der Waals surface area contributed by atoms with E-state index in [2.05, 4.69) is 11.4 Å². The van der Waals surface area contributed by atoms with Gasteiger partial charge in [-0.05, 0) is 30.5 Å². The Bertz CT molecular complexity index is 426. The number of carbonyl (C=O) groups excluding carboxylic acids is 1. The molecule has 0 bridgehead atoms. The lowest BCUT2D eigenvalue weighted by Gasteiger charge is -2.20. The Morgan fingerprint density at radius 3 is 2.90 bits per heavy atom. The molecule has 1 saturated heterocycles. The summed E-state index contributed by atoms with van der Waals surface area (Å²) in [5, 5.41) is 4.13. The van der Waals surface area contributed by atoms with Gasteiger partial charge in [0.25, 0.3) is 0 Å². The molecule has 1 N–H and O–H groups in total. The molecule has 0 aromatic heterocycles. The molecule has 1 aromatic rings. The Morgan fingerprint density at radius 2 is 2.10 bits per heavy atom. The first-order valence-corrected chi connectivity index (χ1v) is 7.36. The van der Waals surface area contributed by atoms with E-state index in [9.17, 15) is 4.79 Å². The molecule has 1 aliphatic heterocycles. The summed E-state index contributed by atoms with van der Waals surface area (Å²) in [4.78, 5) is 13.8. The second kappa shape index (κ2) is 9.22. The van der Waals surface area contributed by atoms with Crippen LogP contribution in [0.5, 0.6) is 0 Å². The zero-order valence-electron chi connectivity index (χ0n) is 11.6. The third kappa shape index (κ3) is 5.70. The molecule has 1 aliphatic rings. The van der Waals surface area contributed by atoms with Gasteiger partial charge in [-0.1, -0.05) is 30.2 Å². The largest absolute Gasteiger partial charge is 0.341 e. The van der Waals surface area contributed by atoms with E-state index in [0.717, 1.165) is 44.0 Å². The van der Waals surface area contributed by atoms with E-state index in [1.54, 1.807) is 0 Å². The third-order valence-corrected chi connectivity index (χ3v) is 3.68. The number of hydrogen-bond acceptors (Lipinski definition) is 2. The second-order valence-electron chi connectivity index (χ2n) is 5.00. The van der Waals surface area contributed by atoms with Gasteiger partial charge in [0.15, 0.2) is 0 Å². The van der Waals surface area contributed by atoms with Gasteiger partial charge in [-0.3, -0.25) is 4.79 Å². The standard InChI is InChI=1S/C15H21ClN2O.ClH/c16-14-6-4-5-13(11-14)12-17-8-10-18-9-3-1-2-7-15(18)19;/h4-6,11,17H,1-3,7-10,12H2;1H. The maximum atomic E-state index is 11.8. The summed E-state index contributed by atoms with van der Waals surface area (Å²) in [6, 6.07) is 7.85. The Labute approximate surface area is 132 Å². The fourth-order valence-corrected chi connectivity index (χ4v) is 2.58. The van der Waals surface area contributed by atoms with Crippen LogP contribution < -0.4 is 5.32 Å². The highest BCUT2D eigenvalue weighted by molar-refractivity contribution is 6.30. The van der Waals surface area contributed by atoms with Crippen molar-refractivity contribution in [1.82, 2.24) is 10.2 Å². The van der Waals surface area contributed by atoms with Gasteiger partial charge in [0.1, 0.15) is 0 Å². The van der Waals surface area contributed by atoms with Gasteiger partial charge in [0, 0.05) is 37.6 Å². The average molecular weight is 317 g/mol. The number of carbonyl (C=O) groups is 1. The van der Waals surface area contributed by atoms with Gasteiger partial charge >= 0.3 is 0 Å². The van der Waals surface area contributed by atoms with Gasteiger partial charge in [-0.25, -0.2) is 0 Å². The Morgan fingerprint density at radius 1 is 1.25 bits per heavy atom. The summed E-state index contributed by atoms with van der Waals surface area (Å²) >= 11 is 5.94. The maximum absolute atomic E-state index is 11.8. The fourth-order valence-electron chi connectivity index (χ4n) is 2.37. The molecule has 0 saturated carbocycles. The number of amides is 1. The highest BCUT2D eigenvalue weighted by Crippen LogP contribution is 2.11. The highest BCUT2D eigenvalue weighted by Gasteiger charge is 2.15. The van der Waals surface area contributed by atoms with Crippen LogP contribution in [0.4, 0.5) is 0 Å². The Hall–Kier alpha value is -0.770. The minimum Gasteiger partial charge on any atom is -0.341 e. The molecular formula is C15H22Cl2N2O. The topological polar surface area (TPSA) is 32.3 Å². The fraction of sp³-hybridized carbons (Fsp3) is 0.533. The van der Waals surface area contributed by atoms with Crippen LogP contribution in [-0.4, -0.2) is 30.4 Å². The zero-order chi connectivity index (χ0) is 13.5. The Balaban J connectivity index is 0.00000200. The third-order valence-electron chi connectivity index (χ3n) is 3.45. The SMILES string of the molecule is Cl.O=C1CCCCCN1CCNCc1cccc(Cl)c1. The minimum atomic E-state index is 0. The number of hydrogen-bond donors (Lipinski definition) is 1. The smallest absolute Gasteiger partial charge is 0.222 e. The molecular weight excluding hydrogens is 295 g/mol. The summed E-state index contributed by atoms with van der Waals surface area (Å²) in [6.45, 7) is 3.35. The van der Waals surface area contributed by atoms with Gasteiger partial charge in [-0.2, -0.15) is 0 Å². The van der Waals surface area contributed by atoms with Crippen molar-refractivity contribution in [1.29, 1.82) is 0 Å². The van der Waals surface area contributed by atoms with E-state index in [0.29, 0.717) is 12.3 Å².